The molecule has 20 heavy (non-hydrogen) atoms. The van der Waals surface area contributed by atoms with Gasteiger partial charge in [-0.3, -0.25) is 4.79 Å². The second-order valence-electron chi connectivity index (χ2n) is 4.90. The smallest absolute Gasteiger partial charge is 0.257 e. The van der Waals surface area contributed by atoms with Gasteiger partial charge in [0, 0.05) is 28.8 Å². The number of nitrogens with zero attached hydrogens (tertiary/aromatic N) is 1. The average molecular weight is 343 g/mol. The molecule has 2 unspecified atom stereocenters. The monoisotopic (exact) mass is 342 g/mol. The Balaban J connectivity index is 1.91. The van der Waals surface area contributed by atoms with Crippen LogP contribution in [0.15, 0.2) is 16.6 Å². The molecule has 0 spiro atoms. The van der Waals surface area contributed by atoms with Gasteiger partial charge in [0.1, 0.15) is 0 Å². The molecule has 6 nitrogen and oxygen atoms in total. The minimum absolute atomic E-state index is 0.0193. The number of carbonyl (C=O) groups is 1. The predicted molar refractivity (Wildman–Crippen MR) is 76.8 cm³/mol. The summed E-state index contributed by atoms with van der Waals surface area (Å²) in [6.07, 6.45) is -1.31. The summed E-state index contributed by atoms with van der Waals surface area (Å²) >= 11 is 3.48. The number of hydrogen-bond acceptors (Lipinski definition) is 5. The van der Waals surface area contributed by atoms with Crippen molar-refractivity contribution in [2.75, 3.05) is 36.5 Å². The second kappa shape index (κ2) is 5.33. The van der Waals surface area contributed by atoms with Crippen LogP contribution >= 0.6 is 15.9 Å². The van der Waals surface area contributed by atoms with E-state index >= 15 is 0 Å². The van der Waals surface area contributed by atoms with Crippen LogP contribution in [0, 0.1) is 0 Å². The van der Waals surface area contributed by atoms with Gasteiger partial charge >= 0.3 is 0 Å². The molecule has 7 heteroatoms. The average Bonchev–Trinajstić information content (AvgIpc) is 2.73. The molecule has 0 aromatic heterocycles. The largest absolute Gasteiger partial charge is 0.394 e. The van der Waals surface area contributed by atoms with Crippen molar-refractivity contribution in [2.45, 2.75) is 12.2 Å². The minimum Gasteiger partial charge on any atom is -0.394 e. The number of nitrogens with one attached hydrogen (secondary N) is 1. The Morgan fingerprint density at radius 1 is 1.50 bits per heavy atom. The SMILES string of the molecule is O=C1Nc2cc(N3CCOC(CO)C3)c(Br)cc2C1O. The third kappa shape index (κ3) is 2.31. The first-order chi connectivity index (χ1) is 9.60. The summed E-state index contributed by atoms with van der Waals surface area (Å²) in [4.78, 5) is 13.6. The summed E-state index contributed by atoms with van der Waals surface area (Å²) in [6, 6.07) is 3.60. The number of morpholine rings is 1. The number of hydrogen-bond donors (Lipinski definition) is 3. The van der Waals surface area contributed by atoms with Crippen LogP contribution in [0.2, 0.25) is 0 Å². The van der Waals surface area contributed by atoms with E-state index in [1.165, 1.54) is 0 Å². The molecule has 0 bridgehead atoms. The lowest BCUT2D eigenvalue weighted by molar-refractivity contribution is -0.123. The molecule has 2 atom stereocenters. The number of carbonyl (C=O) groups excluding carboxylic acids is 1. The molecule has 1 fully saturated rings. The van der Waals surface area contributed by atoms with Crippen LogP contribution in [-0.2, 0) is 9.53 Å². The van der Waals surface area contributed by atoms with E-state index in [9.17, 15) is 15.0 Å². The zero-order valence-electron chi connectivity index (χ0n) is 10.7. The molecule has 3 N–H and O–H groups in total. The normalized spacial score (nSPS) is 25.6. The van der Waals surface area contributed by atoms with Crippen LogP contribution in [0.25, 0.3) is 0 Å². The summed E-state index contributed by atoms with van der Waals surface area (Å²) in [7, 11) is 0. The highest BCUT2D eigenvalue weighted by atomic mass is 79.9. The van der Waals surface area contributed by atoms with E-state index in [4.69, 9.17) is 4.74 Å². The molecule has 2 aliphatic heterocycles. The van der Waals surface area contributed by atoms with E-state index in [1.54, 1.807) is 6.07 Å². The number of ether oxygens (including phenoxy) is 1. The van der Waals surface area contributed by atoms with Crippen LogP contribution < -0.4 is 10.2 Å². The molecule has 1 saturated heterocycles. The molecule has 1 aromatic carbocycles. The van der Waals surface area contributed by atoms with Gasteiger partial charge in [-0.1, -0.05) is 0 Å². The number of benzene rings is 1. The number of aliphatic hydroxyl groups excluding tert-OH is 2. The fourth-order valence-corrected chi connectivity index (χ4v) is 3.16. The Kier molecular flexibility index (Phi) is 3.68. The molecule has 0 radical (unpaired) electrons. The quantitative estimate of drug-likeness (QED) is 0.734. The van der Waals surface area contributed by atoms with Crippen molar-refractivity contribution in [3.63, 3.8) is 0 Å². The number of anilines is 2. The summed E-state index contributed by atoms with van der Waals surface area (Å²) < 4.78 is 6.24. The first kappa shape index (κ1) is 13.8. The standard InChI is InChI=1S/C13H15BrN2O4/c14-9-3-8-10(15-13(19)12(8)18)4-11(9)16-1-2-20-7(5-16)6-17/h3-4,7,12,17-18H,1-2,5-6H2,(H,15,19). The van der Waals surface area contributed by atoms with Crippen molar-refractivity contribution in [2.24, 2.45) is 0 Å². The van der Waals surface area contributed by atoms with Gasteiger partial charge in [0.2, 0.25) is 0 Å². The van der Waals surface area contributed by atoms with E-state index in [1.807, 2.05) is 6.07 Å². The van der Waals surface area contributed by atoms with Gasteiger partial charge in [0.15, 0.2) is 6.10 Å². The molecule has 0 aliphatic carbocycles. The van der Waals surface area contributed by atoms with Crippen LogP contribution in [0.3, 0.4) is 0 Å². The van der Waals surface area contributed by atoms with E-state index in [2.05, 4.69) is 26.1 Å². The first-order valence-electron chi connectivity index (χ1n) is 6.40. The van der Waals surface area contributed by atoms with Gasteiger partial charge in [-0.15, -0.1) is 0 Å². The molecular formula is C13H15BrN2O4. The molecule has 1 aromatic rings. The van der Waals surface area contributed by atoms with Crippen molar-refractivity contribution < 1.29 is 19.7 Å². The summed E-state index contributed by atoms with van der Waals surface area (Å²) in [5.41, 5.74) is 2.13. The highest BCUT2D eigenvalue weighted by Crippen LogP contribution is 2.39. The van der Waals surface area contributed by atoms with Crippen molar-refractivity contribution in [1.29, 1.82) is 0 Å². The molecule has 2 aliphatic rings. The van der Waals surface area contributed by atoms with Crippen LogP contribution in [-0.4, -0.2) is 48.5 Å². The lowest BCUT2D eigenvalue weighted by atomic mass is 10.1. The van der Waals surface area contributed by atoms with E-state index in [0.29, 0.717) is 30.9 Å². The van der Waals surface area contributed by atoms with Gasteiger partial charge in [-0.25, -0.2) is 0 Å². The lowest BCUT2D eigenvalue weighted by Gasteiger charge is -2.34. The fourth-order valence-electron chi connectivity index (χ4n) is 2.54. The summed E-state index contributed by atoms with van der Waals surface area (Å²) in [5, 5.41) is 21.6. The van der Waals surface area contributed by atoms with E-state index in [0.717, 1.165) is 10.2 Å². The highest BCUT2D eigenvalue weighted by molar-refractivity contribution is 9.10. The number of halogens is 1. The molecule has 108 valence electrons. The van der Waals surface area contributed by atoms with Gasteiger partial charge in [0.25, 0.3) is 5.91 Å². The Morgan fingerprint density at radius 2 is 2.30 bits per heavy atom. The Bertz CT molecular complexity index is 551. The third-order valence-corrected chi connectivity index (χ3v) is 4.24. The topological polar surface area (TPSA) is 82.0 Å². The maximum Gasteiger partial charge on any atom is 0.257 e. The van der Waals surface area contributed by atoms with E-state index < -0.39 is 12.0 Å². The predicted octanol–water partition coefficient (Wildman–Crippen LogP) is 0.632. The van der Waals surface area contributed by atoms with Crippen molar-refractivity contribution in [1.82, 2.24) is 0 Å². The molecule has 2 heterocycles. The van der Waals surface area contributed by atoms with Crippen LogP contribution in [0.1, 0.15) is 11.7 Å². The molecule has 0 saturated carbocycles. The fraction of sp³-hybridized carbons (Fsp3) is 0.462. The zero-order chi connectivity index (χ0) is 14.3. The number of aliphatic hydroxyl groups is 2. The number of fused-ring (bicyclic) bond motifs is 1. The molecule has 3 rings (SSSR count). The van der Waals surface area contributed by atoms with Crippen LogP contribution in [0.5, 0.6) is 0 Å². The van der Waals surface area contributed by atoms with Crippen molar-refractivity contribution in [3.05, 3.63) is 22.2 Å². The lowest BCUT2D eigenvalue weighted by Crippen LogP contribution is -2.44. The summed E-state index contributed by atoms with van der Waals surface area (Å²) in [5.74, 6) is -0.403. The van der Waals surface area contributed by atoms with Gasteiger partial charge in [-0.05, 0) is 28.1 Å². The highest BCUT2D eigenvalue weighted by Gasteiger charge is 2.31. The maximum atomic E-state index is 11.5. The molecule has 1 amide bonds. The number of rotatable bonds is 2. The Labute approximate surface area is 124 Å². The second-order valence-corrected chi connectivity index (χ2v) is 5.76. The van der Waals surface area contributed by atoms with Gasteiger partial charge in [-0.2, -0.15) is 0 Å². The van der Waals surface area contributed by atoms with Crippen molar-refractivity contribution in [3.8, 4) is 0 Å². The maximum absolute atomic E-state index is 11.5. The van der Waals surface area contributed by atoms with E-state index in [-0.39, 0.29) is 12.7 Å². The number of amides is 1. The summed E-state index contributed by atoms with van der Waals surface area (Å²) in [6.45, 7) is 1.83. The first-order valence-corrected chi connectivity index (χ1v) is 7.19. The Hall–Kier alpha value is -1.15. The minimum atomic E-state index is -1.11. The van der Waals surface area contributed by atoms with Crippen LogP contribution in [0.4, 0.5) is 11.4 Å². The Morgan fingerprint density at radius 3 is 3.05 bits per heavy atom. The third-order valence-electron chi connectivity index (χ3n) is 3.60. The molecular weight excluding hydrogens is 328 g/mol. The van der Waals surface area contributed by atoms with Gasteiger partial charge in [0.05, 0.1) is 25.0 Å². The van der Waals surface area contributed by atoms with Crippen molar-refractivity contribution >= 4 is 33.2 Å². The van der Waals surface area contributed by atoms with Gasteiger partial charge < -0.3 is 25.2 Å². The zero-order valence-corrected chi connectivity index (χ0v) is 12.3.